The Kier molecular flexibility index (Phi) is 6.71. The minimum absolute atomic E-state index is 0.0465. The van der Waals surface area contributed by atoms with E-state index in [-0.39, 0.29) is 49.1 Å². The molecule has 1 spiro atoms. The fraction of sp³-hybridized carbons (Fsp3) is 0.385. The lowest BCUT2D eigenvalue weighted by molar-refractivity contribution is -0.152. The Hall–Kier alpha value is -3.94. The molecule has 0 saturated carbocycles. The summed E-state index contributed by atoms with van der Waals surface area (Å²) in [6, 6.07) is 9.66. The fourth-order valence-electron chi connectivity index (χ4n) is 4.85. The van der Waals surface area contributed by atoms with Crippen LogP contribution < -0.4 is 4.90 Å². The van der Waals surface area contributed by atoms with Gasteiger partial charge in [-0.05, 0) is 42.3 Å². The Morgan fingerprint density at radius 2 is 1.81 bits per heavy atom. The zero-order valence-corrected chi connectivity index (χ0v) is 20.2. The molecule has 0 aliphatic carbocycles. The number of alkyl halides is 3. The second-order valence-electron chi connectivity index (χ2n) is 9.54. The van der Waals surface area contributed by atoms with Crippen molar-refractivity contribution in [1.29, 1.82) is 5.26 Å². The third kappa shape index (κ3) is 4.75. The summed E-state index contributed by atoms with van der Waals surface area (Å²) in [4.78, 5) is 43.9. The molecule has 2 heterocycles. The number of amides is 3. The summed E-state index contributed by atoms with van der Waals surface area (Å²) in [6.07, 6.45) is -4.43. The van der Waals surface area contributed by atoms with Gasteiger partial charge in [0.2, 0.25) is 11.8 Å². The van der Waals surface area contributed by atoms with Crippen molar-refractivity contribution in [2.75, 3.05) is 24.5 Å². The topological polar surface area (TPSA) is 84.7 Å². The summed E-state index contributed by atoms with van der Waals surface area (Å²) in [5, 5.41) is 9.03. The van der Waals surface area contributed by atoms with Crippen LogP contribution >= 0.6 is 0 Å². The van der Waals surface area contributed by atoms with Crippen LogP contribution in [0.1, 0.15) is 37.0 Å². The molecule has 0 unspecified atom stereocenters. The molecule has 2 aliphatic rings. The van der Waals surface area contributed by atoms with Gasteiger partial charge in [0.1, 0.15) is 17.9 Å². The maximum Gasteiger partial charge on any atom is 0.416 e. The van der Waals surface area contributed by atoms with Gasteiger partial charge in [0.25, 0.3) is 5.91 Å². The van der Waals surface area contributed by atoms with Gasteiger partial charge < -0.3 is 9.80 Å². The molecule has 0 N–H and O–H groups in total. The SMILES string of the molecule is CC(C)C(=O)N1CC[C@@]2(C1)C(=O)N(c1ccc(C#N)cc1F)CC(=O)N2Cc1ccc(C(F)(F)F)cc1. The first-order chi connectivity index (χ1) is 17.4. The average molecular weight is 516 g/mol. The van der Waals surface area contributed by atoms with Crippen molar-refractivity contribution in [2.45, 2.75) is 38.5 Å². The zero-order chi connectivity index (χ0) is 27.1. The van der Waals surface area contributed by atoms with E-state index in [1.165, 1.54) is 34.1 Å². The molecule has 3 amide bonds. The van der Waals surface area contributed by atoms with Crippen molar-refractivity contribution >= 4 is 23.4 Å². The van der Waals surface area contributed by atoms with Crippen molar-refractivity contribution in [3.63, 3.8) is 0 Å². The maximum absolute atomic E-state index is 14.9. The van der Waals surface area contributed by atoms with Crippen molar-refractivity contribution in [3.05, 3.63) is 65.0 Å². The van der Waals surface area contributed by atoms with Crippen molar-refractivity contribution in [3.8, 4) is 6.07 Å². The summed E-state index contributed by atoms with van der Waals surface area (Å²) < 4.78 is 53.9. The Morgan fingerprint density at radius 3 is 2.38 bits per heavy atom. The number of nitriles is 1. The predicted octanol–water partition coefficient (Wildman–Crippen LogP) is 3.72. The number of carbonyl (C=O) groups is 3. The van der Waals surface area contributed by atoms with Crippen molar-refractivity contribution in [2.24, 2.45) is 5.92 Å². The molecule has 11 heteroatoms. The highest BCUT2D eigenvalue weighted by Gasteiger charge is 2.57. The van der Waals surface area contributed by atoms with Crippen LogP contribution in [-0.2, 0) is 27.1 Å². The highest BCUT2D eigenvalue weighted by molar-refractivity contribution is 6.10. The monoisotopic (exact) mass is 516 g/mol. The van der Waals surface area contributed by atoms with Crippen molar-refractivity contribution in [1.82, 2.24) is 9.80 Å². The second-order valence-corrected chi connectivity index (χ2v) is 9.54. The first-order valence-corrected chi connectivity index (χ1v) is 11.6. The predicted molar refractivity (Wildman–Crippen MR) is 124 cm³/mol. The fourth-order valence-corrected chi connectivity index (χ4v) is 4.85. The van der Waals surface area contributed by atoms with Crippen molar-refractivity contribution < 1.29 is 31.9 Å². The molecule has 0 bridgehead atoms. The van der Waals surface area contributed by atoms with Crippen LogP contribution in [0.5, 0.6) is 0 Å². The van der Waals surface area contributed by atoms with Crippen LogP contribution in [0.3, 0.4) is 0 Å². The first kappa shape index (κ1) is 26.1. The number of carbonyl (C=O) groups excluding carboxylic acids is 3. The number of benzene rings is 2. The molecule has 194 valence electrons. The Labute approximate surface area is 210 Å². The summed E-state index contributed by atoms with van der Waals surface area (Å²) in [7, 11) is 0. The number of halogens is 4. The van der Waals surface area contributed by atoms with Gasteiger partial charge in [0, 0.05) is 19.0 Å². The normalized spacial score (nSPS) is 20.2. The van der Waals surface area contributed by atoms with Crippen LogP contribution in [0, 0.1) is 23.1 Å². The lowest BCUT2D eigenvalue weighted by Gasteiger charge is -2.47. The van der Waals surface area contributed by atoms with Gasteiger partial charge in [0.05, 0.1) is 29.4 Å². The lowest BCUT2D eigenvalue weighted by atomic mass is 9.89. The maximum atomic E-state index is 14.9. The summed E-state index contributed by atoms with van der Waals surface area (Å²) in [6.45, 7) is 2.82. The van der Waals surface area contributed by atoms with E-state index in [9.17, 15) is 31.9 Å². The van der Waals surface area contributed by atoms with Gasteiger partial charge in [-0.25, -0.2) is 4.39 Å². The molecule has 2 aliphatic heterocycles. The van der Waals surface area contributed by atoms with Crippen LogP contribution in [0.2, 0.25) is 0 Å². The van der Waals surface area contributed by atoms with E-state index in [1.807, 2.05) is 6.07 Å². The molecule has 2 aromatic carbocycles. The Bertz CT molecular complexity index is 1290. The van der Waals surface area contributed by atoms with Crippen LogP contribution in [0.25, 0.3) is 0 Å². The van der Waals surface area contributed by atoms with Crippen LogP contribution in [-0.4, -0.2) is 52.7 Å². The zero-order valence-electron chi connectivity index (χ0n) is 20.2. The third-order valence-corrected chi connectivity index (χ3v) is 6.80. The standard InChI is InChI=1S/C26H24F4N4O3/c1-16(2)23(36)32-10-9-25(15-32)24(37)33(21-8-5-18(12-31)11-20(21)27)14-22(35)34(25)13-17-3-6-19(7-4-17)26(28,29)30/h3-8,11,16H,9-10,13-15H2,1-2H3/t25-/m1/s1. The molecule has 2 fully saturated rings. The van der Waals surface area contributed by atoms with Gasteiger partial charge in [-0.2, -0.15) is 18.4 Å². The number of likely N-dealkylation sites (tertiary alicyclic amines) is 1. The minimum atomic E-state index is -4.52. The Balaban J connectivity index is 1.72. The van der Waals surface area contributed by atoms with E-state index in [1.54, 1.807) is 13.8 Å². The quantitative estimate of drug-likeness (QED) is 0.580. The van der Waals surface area contributed by atoms with E-state index in [4.69, 9.17) is 5.26 Å². The number of hydrogen-bond acceptors (Lipinski definition) is 4. The molecule has 0 radical (unpaired) electrons. The van der Waals surface area contributed by atoms with Gasteiger partial charge in [-0.1, -0.05) is 26.0 Å². The molecule has 0 aromatic heterocycles. The van der Waals surface area contributed by atoms with E-state index < -0.39 is 41.5 Å². The molecule has 1 atom stereocenters. The number of hydrogen-bond donors (Lipinski definition) is 0. The largest absolute Gasteiger partial charge is 0.416 e. The molecule has 37 heavy (non-hydrogen) atoms. The molecular formula is C26H24F4N4O3. The highest BCUT2D eigenvalue weighted by Crippen LogP contribution is 2.38. The Morgan fingerprint density at radius 1 is 1.14 bits per heavy atom. The number of rotatable bonds is 4. The van der Waals surface area contributed by atoms with Gasteiger partial charge >= 0.3 is 6.18 Å². The first-order valence-electron chi connectivity index (χ1n) is 11.6. The molecule has 4 rings (SSSR count). The van der Waals surface area contributed by atoms with Crippen LogP contribution in [0.4, 0.5) is 23.2 Å². The number of anilines is 1. The highest BCUT2D eigenvalue weighted by atomic mass is 19.4. The lowest BCUT2D eigenvalue weighted by Crippen LogP contribution is -2.69. The summed E-state index contributed by atoms with van der Waals surface area (Å²) in [5.41, 5.74) is -2.11. The minimum Gasteiger partial charge on any atom is -0.339 e. The second kappa shape index (κ2) is 9.50. The van der Waals surface area contributed by atoms with Gasteiger partial charge in [-0.15, -0.1) is 0 Å². The average Bonchev–Trinajstić information content (AvgIpc) is 3.29. The van der Waals surface area contributed by atoms with Crippen LogP contribution in [0.15, 0.2) is 42.5 Å². The third-order valence-electron chi connectivity index (χ3n) is 6.80. The van der Waals surface area contributed by atoms with E-state index in [0.717, 1.165) is 23.1 Å². The van der Waals surface area contributed by atoms with E-state index >= 15 is 0 Å². The molecule has 7 nitrogen and oxygen atoms in total. The van der Waals surface area contributed by atoms with Gasteiger partial charge in [-0.3, -0.25) is 19.3 Å². The molecule has 2 aromatic rings. The summed E-state index contributed by atoms with van der Waals surface area (Å²) >= 11 is 0. The van der Waals surface area contributed by atoms with E-state index in [0.29, 0.717) is 5.56 Å². The van der Waals surface area contributed by atoms with E-state index in [2.05, 4.69) is 0 Å². The molecular weight excluding hydrogens is 492 g/mol. The number of nitrogens with zero attached hydrogens (tertiary/aromatic N) is 4. The van der Waals surface area contributed by atoms with Gasteiger partial charge in [0.15, 0.2) is 0 Å². The smallest absolute Gasteiger partial charge is 0.339 e. The number of piperazine rings is 1. The summed E-state index contributed by atoms with van der Waals surface area (Å²) in [5.74, 6) is -2.56. The molecule has 2 saturated heterocycles.